The monoisotopic (exact) mass is 499 g/mol. The molecule has 0 saturated carbocycles. The fraction of sp³-hybridized carbons (Fsp3) is 0.727. The third-order valence-corrected chi connectivity index (χ3v) is 7.34. The van der Waals surface area contributed by atoms with Crippen molar-refractivity contribution in [3.05, 3.63) is 21.1 Å². The lowest BCUT2D eigenvalue weighted by Gasteiger charge is -2.16. The first-order valence-corrected chi connectivity index (χ1v) is 12.4. The Hall–Kier alpha value is -0.420. The zero-order valence-corrected chi connectivity index (χ0v) is 20.2. The van der Waals surface area contributed by atoms with Crippen LogP contribution in [0.2, 0.25) is 0 Å². The molecule has 0 aliphatic rings. The van der Waals surface area contributed by atoms with Gasteiger partial charge in [-0.05, 0) is 62.8 Å². The summed E-state index contributed by atoms with van der Waals surface area (Å²) in [4.78, 5) is 1.93. The first-order valence-electron chi connectivity index (χ1n) is 10.8. The van der Waals surface area contributed by atoms with Gasteiger partial charge in [-0.1, -0.05) is 78.1 Å². The Morgan fingerprint density at radius 2 is 1.41 bits per heavy atom. The van der Waals surface area contributed by atoms with Gasteiger partial charge >= 0.3 is 0 Å². The summed E-state index contributed by atoms with van der Waals surface area (Å²) in [7, 11) is 0. The minimum Gasteiger partial charge on any atom is -0.183 e. The number of hydrogen-bond acceptors (Lipinski definition) is 2. The van der Waals surface area contributed by atoms with Crippen molar-refractivity contribution >= 4 is 42.9 Å². The number of rotatable bonds is 14. The summed E-state index contributed by atoms with van der Waals surface area (Å²) < 4.78 is 2.03. The molecule has 152 valence electrons. The van der Waals surface area contributed by atoms with E-state index in [4.69, 9.17) is 10.2 Å². The summed E-state index contributed by atoms with van der Waals surface area (Å²) in [5.41, 5.74) is 1.92. The van der Waals surface area contributed by atoms with Crippen molar-refractivity contribution < 1.29 is 0 Å². The lowest BCUT2D eigenvalue weighted by molar-refractivity contribution is 0.327. The molecule has 1 unspecified atom stereocenters. The molecule has 0 aliphatic carbocycles. The van der Waals surface area contributed by atoms with Gasteiger partial charge in [0.25, 0.3) is 0 Å². The third-order valence-electron chi connectivity index (χ3n) is 5.34. The van der Waals surface area contributed by atoms with Gasteiger partial charge < -0.3 is 0 Å². The van der Waals surface area contributed by atoms with E-state index in [2.05, 4.69) is 45.7 Å². The van der Waals surface area contributed by atoms with Crippen LogP contribution in [0.4, 0.5) is 0 Å². The van der Waals surface area contributed by atoms with Crippen molar-refractivity contribution in [3.8, 4) is 0 Å². The highest BCUT2D eigenvalue weighted by molar-refractivity contribution is 9.13. The summed E-state index contributed by atoms with van der Waals surface area (Å²) in [5, 5.41) is 9.48. The molecular weight excluding hydrogens is 466 g/mol. The summed E-state index contributed by atoms with van der Waals surface area (Å²) in [6, 6.07) is 4.07. The number of nitrogens with zero attached hydrogens (tertiary/aromatic N) is 3. The highest BCUT2D eigenvalue weighted by atomic mass is 79.9. The lowest BCUT2D eigenvalue weighted by atomic mass is 9.94. The van der Waals surface area contributed by atoms with Crippen molar-refractivity contribution in [3.63, 3.8) is 0 Å². The van der Waals surface area contributed by atoms with Gasteiger partial charge in [-0.15, -0.1) is 0 Å². The molecule has 2 rings (SSSR count). The van der Waals surface area contributed by atoms with Gasteiger partial charge in [-0.2, -0.15) is 15.0 Å². The molecule has 0 saturated heterocycles. The summed E-state index contributed by atoms with van der Waals surface area (Å²) in [6.07, 6.45) is 16.2. The van der Waals surface area contributed by atoms with E-state index in [1.807, 2.05) is 16.9 Å². The van der Waals surface area contributed by atoms with Crippen molar-refractivity contribution in [1.82, 2.24) is 15.0 Å². The quantitative estimate of drug-likeness (QED) is 0.244. The maximum absolute atomic E-state index is 4.75. The van der Waals surface area contributed by atoms with E-state index in [1.165, 1.54) is 77.0 Å². The van der Waals surface area contributed by atoms with Crippen molar-refractivity contribution in [2.75, 3.05) is 0 Å². The van der Waals surface area contributed by atoms with Crippen LogP contribution in [0.3, 0.4) is 0 Å². The molecule has 27 heavy (non-hydrogen) atoms. The Kier molecular flexibility index (Phi) is 10.9. The first-order chi connectivity index (χ1) is 13.2. The van der Waals surface area contributed by atoms with Gasteiger partial charge in [-0.25, -0.2) is 0 Å². The van der Waals surface area contributed by atoms with Crippen LogP contribution in [-0.2, 0) is 6.54 Å². The predicted molar refractivity (Wildman–Crippen MR) is 123 cm³/mol. The van der Waals surface area contributed by atoms with Gasteiger partial charge in [0.05, 0.1) is 11.0 Å². The number of fused-ring (bicyclic) bond motifs is 1. The van der Waals surface area contributed by atoms with Crippen LogP contribution in [0.1, 0.15) is 90.9 Å². The van der Waals surface area contributed by atoms with Crippen LogP contribution >= 0.6 is 31.9 Å². The Labute approximate surface area is 181 Å². The summed E-state index contributed by atoms with van der Waals surface area (Å²) in [6.45, 7) is 5.51. The predicted octanol–water partition coefficient (Wildman–Crippen LogP) is 8.29. The molecule has 1 aromatic carbocycles. The number of halogens is 2. The highest BCUT2D eigenvalue weighted by Gasteiger charge is 2.14. The Morgan fingerprint density at radius 1 is 0.815 bits per heavy atom. The maximum Gasteiger partial charge on any atom is 0.128 e. The fourth-order valence-corrected chi connectivity index (χ4v) is 4.41. The summed E-state index contributed by atoms with van der Waals surface area (Å²) in [5.74, 6) is 0.692. The van der Waals surface area contributed by atoms with Gasteiger partial charge in [0.1, 0.15) is 11.0 Å². The molecule has 2 aromatic rings. The molecular formula is C22H35Br2N3. The third kappa shape index (κ3) is 7.84. The fourth-order valence-electron chi connectivity index (χ4n) is 3.68. The van der Waals surface area contributed by atoms with Gasteiger partial charge in [-0.3, -0.25) is 0 Å². The molecule has 0 radical (unpaired) electrons. The second-order valence-electron chi connectivity index (χ2n) is 7.76. The van der Waals surface area contributed by atoms with Crippen LogP contribution in [0.25, 0.3) is 11.0 Å². The lowest BCUT2D eigenvalue weighted by Crippen LogP contribution is -2.13. The maximum atomic E-state index is 4.75. The topological polar surface area (TPSA) is 30.7 Å². The second kappa shape index (κ2) is 12.9. The summed E-state index contributed by atoms with van der Waals surface area (Å²) >= 11 is 7.19. The van der Waals surface area contributed by atoms with E-state index in [9.17, 15) is 0 Å². The van der Waals surface area contributed by atoms with Gasteiger partial charge in [0, 0.05) is 4.47 Å². The van der Waals surface area contributed by atoms with E-state index >= 15 is 0 Å². The molecule has 0 amide bonds. The minimum absolute atomic E-state index is 0.692. The van der Waals surface area contributed by atoms with E-state index in [0.29, 0.717) is 5.92 Å². The molecule has 1 atom stereocenters. The molecule has 3 nitrogen and oxygen atoms in total. The number of hydrogen-bond donors (Lipinski definition) is 0. The molecule has 0 fully saturated rings. The standard InChI is InChI=1S/C22H35Br2N3/c1-3-5-7-9-10-12-14-18(13-11-8-6-4-2)17-27-25-20-16-15-19(23)21(24)22(20)26-27/h15-16,18H,3-14,17H2,1-2H3. The van der Waals surface area contributed by atoms with Crippen molar-refractivity contribution in [2.24, 2.45) is 5.92 Å². The van der Waals surface area contributed by atoms with Crippen molar-refractivity contribution in [1.29, 1.82) is 0 Å². The molecule has 0 aliphatic heterocycles. The van der Waals surface area contributed by atoms with Crippen LogP contribution in [0.5, 0.6) is 0 Å². The molecule has 0 spiro atoms. The number of benzene rings is 1. The zero-order chi connectivity index (χ0) is 19.5. The van der Waals surface area contributed by atoms with Gasteiger partial charge in [0.2, 0.25) is 0 Å². The second-order valence-corrected chi connectivity index (χ2v) is 9.40. The molecule has 0 N–H and O–H groups in total. The first kappa shape index (κ1) is 22.9. The molecule has 1 aromatic heterocycles. The largest absolute Gasteiger partial charge is 0.183 e. The van der Waals surface area contributed by atoms with Crippen LogP contribution in [0.15, 0.2) is 21.1 Å². The van der Waals surface area contributed by atoms with E-state index in [-0.39, 0.29) is 0 Å². The van der Waals surface area contributed by atoms with Gasteiger partial charge in [0.15, 0.2) is 0 Å². The van der Waals surface area contributed by atoms with Crippen LogP contribution in [0, 0.1) is 5.92 Å². The number of unbranched alkanes of at least 4 members (excludes halogenated alkanes) is 8. The smallest absolute Gasteiger partial charge is 0.128 e. The Bertz CT molecular complexity index is 669. The minimum atomic E-state index is 0.692. The molecule has 0 bridgehead atoms. The van der Waals surface area contributed by atoms with Crippen LogP contribution < -0.4 is 0 Å². The van der Waals surface area contributed by atoms with Crippen LogP contribution in [-0.4, -0.2) is 15.0 Å². The molecule has 1 heterocycles. The van der Waals surface area contributed by atoms with Crippen molar-refractivity contribution in [2.45, 2.75) is 97.4 Å². The van der Waals surface area contributed by atoms with E-state index in [1.54, 1.807) is 0 Å². The Balaban J connectivity index is 1.92. The van der Waals surface area contributed by atoms with E-state index in [0.717, 1.165) is 26.5 Å². The number of aromatic nitrogens is 3. The average Bonchev–Trinajstić information content (AvgIpc) is 3.08. The average molecular weight is 501 g/mol. The normalized spacial score (nSPS) is 12.7. The Morgan fingerprint density at radius 3 is 2.07 bits per heavy atom. The SMILES string of the molecule is CCCCCCCCC(CCCCCC)Cn1nc2ccc(Br)c(Br)c2n1. The highest BCUT2D eigenvalue weighted by Crippen LogP contribution is 2.29. The van der Waals surface area contributed by atoms with E-state index < -0.39 is 0 Å². The zero-order valence-electron chi connectivity index (χ0n) is 17.0. The molecule has 5 heteroatoms.